The SMILES string of the molecule is C1CC[N-]CC1.C1CC[N-]CC1.C[CH2][In][CH2]C.C[CH2][In][CH2]C. The van der Waals surface area contributed by atoms with Gasteiger partial charge in [-0.25, -0.2) is 0 Å². The normalized spacial score (nSPS) is 16.5. The van der Waals surface area contributed by atoms with Gasteiger partial charge >= 0.3 is 90.2 Å². The van der Waals surface area contributed by atoms with E-state index >= 15 is 0 Å². The minimum atomic E-state index is 0.0800. The summed E-state index contributed by atoms with van der Waals surface area (Å²) in [5.74, 6) is 0. The zero-order valence-corrected chi connectivity index (χ0v) is 22.5. The van der Waals surface area contributed by atoms with Gasteiger partial charge < -0.3 is 10.6 Å². The molecule has 2 rings (SSSR count). The Labute approximate surface area is 164 Å². The first kappa shape index (κ1) is 25.9. The van der Waals surface area contributed by atoms with Crippen molar-refractivity contribution in [2.24, 2.45) is 0 Å². The summed E-state index contributed by atoms with van der Waals surface area (Å²) >= 11 is 0.160. The van der Waals surface area contributed by atoms with E-state index in [1.165, 1.54) is 55.2 Å². The van der Waals surface area contributed by atoms with Crippen LogP contribution >= 0.6 is 0 Å². The molecule has 4 heteroatoms. The minimum absolute atomic E-state index is 0.0800. The van der Waals surface area contributed by atoms with Gasteiger partial charge in [-0.05, 0) is 0 Å². The summed E-state index contributed by atoms with van der Waals surface area (Å²) in [5, 5.41) is 8.35. The monoisotopic (exact) mass is 514 g/mol. The molecule has 0 amide bonds. The van der Waals surface area contributed by atoms with Gasteiger partial charge in [0.25, 0.3) is 0 Å². The van der Waals surface area contributed by atoms with Crippen molar-refractivity contribution in [3.05, 3.63) is 10.6 Å². The van der Waals surface area contributed by atoms with Crippen LogP contribution in [-0.4, -0.2) is 72.0 Å². The molecule has 0 atom stereocenters. The van der Waals surface area contributed by atoms with Crippen molar-refractivity contribution in [2.75, 3.05) is 26.2 Å². The molecule has 0 saturated carbocycles. The molecule has 0 spiro atoms. The van der Waals surface area contributed by atoms with E-state index in [2.05, 4.69) is 38.3 Å². The Morgan fingerprint density at radius 3 is 0.818 bits per heavy atom. The van der Waals surface area contributed by atoms with E-state index in [4.69, 9.17) is 0 Å². The van der Waals surface area contributed by atoms with E-state index < -0.39 is 0 Å². The van der Waals surface area contributed by atoms with Crippen molar-refractivity contribution in [2.45, 2.75) is 82.9 Å². The first-order chi connectivity index (χ1) is 10.8. The molecule has 0 aromatic heterocycles. The fourth-order valence-electron chi connectivity index (χ4n) is 2.05. The Morgan fingerprint density at radius 1 is 0.500 bits per heavy atom. The summed E-state index contributed by atoms with van der Waals surface area (Å²) in [6.45, 7) is 13.7. The third-order valence-corrected chi connectivity index (χ3v) is 10.0. The van der Waals surface area contributed by atoms with E-state index in [-0.39, 0.29) is 45.8 Å². The second-order valence-corrected chi connectivity index (χ2v) is 18.3. The Morgan fingerprint density at radius 2 is 0.773 bits per heavy atom. The van der Waals surface area contributed by atoms with Gasteiger partial charge in [-0.15, -0.1) is 26.2 Å². The van der Waals surface area contributed by atoms with Crippen molar-refractivity contribution in [1.29, 1.82) is 0 Å². The first-order valence-electron chi connectivity index (χ1n) is 9.73. The van der Waals surface area contributed by atoms with Crippen LogP contribution in [0.1, 0.15) is 66.2 Å². The summed E-state index contributed by atoms with van der Waals surface area (Å²) in [4.78, 5) is 0. The van der Waals surface area contributed by atoms with Crippen LogP contribution in [0, 0.1) is 0 Å². The fraction of sp³-hybridized carbons (Fsp3) is 1.00. The quantitative estimate of drug-likeness (QED) is 0.427. The second-order valence-electron chi connectivity index (χ2n) is 5.67. The maximum absolute atomic E-state index is 4.18. The van der Waals surface area contributed by atoms with Crippen molar-refractivity contribution >= 4 is 45.8 Å². The topological polar surface area (TPSA) is 28.2 Å². The van der Waals surface area contributed by atoms with Crippen molar-refractivity contribution < 1.29 is 0 Å². The zero-order chi connectivity index (χ0) is 16.7. The molecule has 2 radical (unpaired) electrons. The summed E-state index contributed by atoms with van der Waals surface area (Å²) in [6, 6.07) is 0. The van der Waals surface area contributed by atoms with Gasteiger partial charge in [0.15, 0.2) is 0 Å². The second kappa shape index (κ2) is 27.5. The van der Waals surface area contributed by atoms with Gasteiger partial charge in [0.2, 0.25) is 0 Å². The molecule has 2 heterocycles. The van der Waals surface area contributed by atoms with Crippen molar-refractivity contribution in [3.63, 3.8) is 0 Å². The molecule has 0 aliphatic carbocycles. The third kappa shape index (κ3) is 29.6. The molecule has 22 heavy (non-hydrogen) atoms. The summed E-state index contributed by atoms with van der Waals surface area (Å²) in [6.07, 6.45) is 8.15. The Balaban J connectivity index is 0. The third-order valence-electron chi connectivity index (χ3n) is 3.42. The fourth-order valence-corrected chi connectivity index (χ4v) is 5.34. The Hall–Kier alpha value is 1.66. The Kier molecular flexibility index (Phi) is 32.4. The number of hydrogen-bond donors (Lipinski definition) is 0. The molecule has 0 aromatic rings. The number of rotatable bonds is 4. The van der Waals surface area contributed by atoms with Crippen LogP contribution in [0.25, 0.3) is 10.6 Å². The molecule has 2 nitrogen and oxygen atoms in total. The van der Waals surface area contributed by atoms with Gasteiger partial charge in [-0.1, -0.05) is 38.5 Å². The molecule has 0 bridgehead atoms. The first-order valence-corrected chi connectivity index (χ1v) is 19.0. The summed E-state index contributed by atoms with van der Waals surface area (Å²) < 4.78 is 6.14. The van der Waals surface area contributed by atoms with Crippen LogP contribution < -0.4 is 0 Å². The summed E-state index contributed by atoms with van der Waals surface area (Å²) in [5.41, 5.74) is 0. The standard InChI is InChI=1S/2C5H10N.4C2H5.2In/c2*1-2-4-6-5-3-1;4*1-2;;/h2*1-5H2;4*1H2,2H3;;/q2*-1;;;;;;. The van der Waals surface area contributed by atoms with E-state index in [0.29, 0.717) is 0 Å². The van der Waals surface area contributed by atoms with Crippen LogP contribution in [0.4, 0.5) is 0 Å². The molecule has 0 aromatic carbocycles. The van der Waals surface area contributed by atoms with Gasteiger partial charge in [0.05, 0.1) is 0 Å². The molecule has 130 valence electrons. The van der Waals surface area contributed by atoms with Gasteiger partial charge in [0.1, 0.15) is 0 Å². The van der Waals surface area contributed by atoms with E-state index in [0.717, 1.165) is 26.2 Å². The van der Waals surface area contributed by atoms with Crippen LogP contribution in [0.5, 0.6) is 0 Å². The van der Waals surface area contributed by atoms with Crippen molar-refractivity contribution in [1.82, 2.24) is 0 Å². The molecular weight excluding hydrogens is 474 g/mol. The molecule has 2 saturated heterocycles. The van der Waals surface area contributed by atoms with Gasteiger partial charge in [-0.2, -0.15) is 0 Å². The van der Waals surface area contributed by atoms with Gasteiger partial charge in [0, 0.05) is 0 Å². The van der Waals surface area contributed by atoms with Gasteiger partial charge in [-0.3, -0.25) is 0 Å². The molecule has 0 N–H and O–H groups in total. The molecule has 2 aliphatic heterocycles. The zero-order valence-electron chi connectivity index (χ0n) is 15.9. The number of hydrogen-bond acceptors (Lipinski definition) is 0. The van der Waals surface area contributed by atoms with Crippen molar-refractivity contribution in [3.8, 4) is 0 Å². The van der Waals surface area contributed by atoms with E-state index in [1.807, 2.05) is 0 Å². The molecule has 2 fully saturated rings. The predicted molar refractivity (Wildman–Crippen MR) is 107 cm³/mol. The molecule has 0 unspecified atom stereocenters. The Bertz CT molecular complexity index is 116. The summed E-state index contributed by atoms with van der Waals surface area (Å²) in [7, 11) is 0. The average molecular weight is 514 g/mol. The molecular formula is C18H40In2N2-2. The molecule has 2 aliphatic rings. The average Bonchev–Trinajstić information content (AvgIpc) is 2.61. The predicted octanol–water partition coefficient (Wildman–Crippen LogP) is 6.22. The van der Waals surface area contributed by atoms with Crippen LogP contribution in [0.2, 0.25) is 16.7 Å². The maximum atomic E-state index is 4.18. The van der Waals surface area contributed by atoms with E-state index in [1.54, 1.807) is 0 Å². The van der Waals surface area contributed by atoms with Crippen LogP contribution in [0.3, 0.4) is 0 Å². The van der Waals surface area contributed by atoms with Crippen LogP contribution in [0.15, 0.2) is 0 Å². The number of nitrogens with zero attached hydrogens (tertiary/aromatic N) is 2. The number of piperidine rings is 2. The van der Waals surface area contributed by atoms with Crippen LogP contribution in [-0.2, 0) is 0 Å². The van der Waals surface area contributed by atoms with E-state index in [9.17, 15) is 0 Å².